The number of rotatable bonds is 6. The molecule has 1 atom stereocenters. The summed E-state index contributed by atoms with van der Waals surface area (Å²) in [6.07, 6.45) is 6.72. The number of nitrogens with one attached hydrogen (secondary N) is 2. The maximum absolute atomic E-state index is 4.69. The lowest BCUT2D eigenvalue weighted by Gasteiger charge is -2.14. The average molecular weight is 408 g/mol. The van der Waals surface area contributed by atoms with Gasteiger partial charge >= 0.3 is 0 Å². The minimum atomic E-state index is 0.0893. The zero-order valence-corrected chi connectivity index (χ0v) is 16.8. The van der Waals surface area contributed by atoms with Crippen molar-refractivity contribution in [1.82, 2.24) is 29.5 Å². The molecule has 0 saturated heterocycles. The zero-order valence-electron chi connectivity index (χ0n) is 16.8. The number of imidazole rings is 1. The standard InChI is InChI=1S/C23H20N8/c1-16(17-5-3-2-4-6-17)28-23-25-12-10-22(30-23)31-15-27-19-13-18(7-8-20(19)31)29-21-9-11-24-14-26-21/h2-16H,1H3,(H,24,26,29)(H,25,28,30)/t16-/m0/s1. The Kier molecular flexibility index (Phi) is 4.94. The van der Waals surface area contributed by atoms with Crippen molar-refractivity contribution >= 4 is 28.5 Å². The van der Waals surface area contributed by atoms with Gasteiger partial charge in [0.1, 0.15) is 24.3 Å². The minimum absolute atomic E-state index is 0.0893. The molecule has 0 spiro atoms. The molecule has 3 aromatic heterocycles. The monoisotopic (exact) mass is 408 g/mol. The van der Waals surface area contributed by atoms with Gasteiger partial charge < -0.3 is 10.6 Å². The van der Waals surface area contributed by atoms with Gasteiger partial charge in [-0.2, -0.15) is 4.98 Å². The maximum Gasteiger partial charge on any atom is 0.225 e. The number of aromatic nitrogens is 6. The van der Waals surface area contributed by atoms with E-state index in [0.717, 1.165) is 28.4 Å². The van der Waals surface area contributed by atoms with Gasteiger partial charge in [-0.25, -0.2) is 19.9 Å². The van der Waals surface area contributed by atoms with Crippen LogP contribution >= 0.6 is 0 Å². The molecule has 0 unspecified atom stereocenters. The van der Waals surface area contributed by atoms with Crippen molar-refractivity contribution in [3.05, 3.63) is 91.3 Å². The van der Waals surface area contributed by atoms with Crippen LogP contribution in [0.4, 0.5) is 17.5 Å². The van der Waals surface area contributed by atoms with Crippen LogP contribution in [0.3, 0.4) is 0 Å². The van der Waals surface area contributed by atoms with Gasteiger partial charge in [-0.15, -0.1) is 0 Å². The Balaban J connectivity index is 1.40. The van der Waals surface area contributed by atoms with E-state index in [1.807, 2.05) is 53.1 Å². The molecule has 0 amide bonds. The highest BCUT2D eigenvalue weighted by Gasteiger charge is 2.10. The number of hydrogen-bond acceptors (Lipinski definition) is 7. The number of hydrogen-bond donors (Lipinski definition) is 2. The van der Waals surface area contributed by atoms with Crippen molar-refractivity contribution in [3.8, 4) is 5.82 Å². The van der Waals surface area contributed by atoms with Crippen LogP contribution in [0.25, 0.3) is 16.9 Å². The molecule has 0 saturated carbocycles. The molecule has 5 aromatic rings. The van der Waals surface area contributed by atoms with Crippen molar-refractivity contribution in [2.24, 2.45) is 0 Å². The summed E-state index contributed by atoms with van der Waals surface area (Å²) in [5.74, 6) is 2.04. The molecule has 3 heterocycles. The fourth-order valence-electron chi connectivity index (χ4n) is 3.36. The van der Waals surface area contributed by atoms with E-state index >= 15 is 0 Å². The predicted molar refractivity (Wildman–Crippen MR) is 120 cm³/mol. The van der Waals surface area contributed by atoms with E-state index in [1.54, 1.807) is 18.7 Å². The van der Waals surface area contributed by atoms with Crippen molar-refractivity contribution in [2.45, 2.75) is 13.0 Å². The van der Waals surface area contributed by atoms with E-state index in [-0.39, 0.29) is 6.04 Å². The van der Waals surface area contributed by atoms with Gasteiger partial charge in [-0.1, -0.05) is 30.3 Å². The van der Waals surface area contributed by atoms with Crippen molar-refractivity contribution < 1.29 is 0 Å². The Labute approximate surface area is 179 Å². The number of nitrogens with zero attached hydrogens (tertiary/aromatic N) is 6. The lowest BCUT2D eigenvalue weighted by molar-refractivity contribution is 0.854. The third-order valence-corrected chi connectivity index (χ3v) is 4.93. The molecule has 0 aliphatic heterocycles. The summed E-state index contributed by atoms with van der Waals surface area (Å²) in [4.78, 5) is 21.7. The van der Waals surface area contributed by atoms with Crippen LogP contribution in [-0.4, -0.2) is 29.5 Å². The highest BCUT2D eigenvalue weighted by Crippen LogP contribution is 2.23. The van der Waals surface area contributed by atoms with Crippen molar-refractivity contribution in [1.29, 1.82) is 0 Å². The van der Waals surface area contributed by atoms with Gasteiger partial charge in [0.25, 0.3) is 0 Å². The smallest absolute Gasteiger partial charge is 0.225 e. The summed E-state index contributed by atoms with van der Waals surface area (Å²) in [7, 11) is 0. The van der Waals surface area contributed by atoms with Gasteiger partial charge in [0, 0.05) is 18.1 Å². The fraction of sp³-hybridized carbons (Fsp3) is 0.0870. The second kappa shape index (κ2) is 8.19. The Morgan fingerprint density at radius 2 is 1.81 bits per heavy atom. The van der Waals surface area contributed by atoms with E-state index in [9.17, 15) is 0 Å². The van der Waals surface area contributed by atoms with E-state index in [4.69, 9.17) is 0 Å². The highest BCUT2D eigenvalue weighted by molar-refractivity contribution is 5.81. The first-order valence-electron chi connectivity index (χ1n) is 9.91. The molecular formula is C23H20N8. The summed E-state index contributed by atoms with van der Waals surface area (Å²) >= 11 is 0. The molecule has 152 valence electrons. The van der Waals surface area contributed by atoms with Gasteiger partial charge in [0.05, 0.1) is 17.1 Å². The van der Waals surface area contributed by atoms with Gasteiger partial charge in [-0.3, -0.25) is 4.57 Å². The predicted octanol–water partition coefficient (Wildman–Crippen LogP) is 4.52. The summed E-state index contributed by atoms with van der Waals surface area (Å²) in [6.45, 7) is 2.09. The third-order valence-electron chi connectivity index (χ3n) is 4.93. The van der Waals surface area contributed by atoms with E-state index < -0.39 is 0 Å². The Bertz CT molecular complexity index is 1300. The molecule has 31 heavy (non-hydrogen) atoms. The number of anilines is 3. The summed E-state index contributed by atoms with van der Waals surface area (Å²) in [6, 6.07) is 20.0. The molecule has 2 N–H and O–H groups in total. The SMILES string of the molecule is C[C@H](Nc1nccc(-n2cnc3cc(Nc4ccncn4)ccc32)n1)c1ccccc1. The first-order valence-corrected chi connectivity index (χ1v) is 9.91. The third kappa shape index (κ3) is 4.04. The van der Waals surface area contributed by atoms with Crippen LogP contribution in [0.5, 0.6) is 0 Å². The Hall–Kier alpha value is -4.33. The van der Waals surface area contributed by atoms with Gasteiger partial charge in [0.15, 0.2) is 0 Å². The lowest BCUT2D eigenvalue weighted by atomic mass is 10.1. The number of fused-ring (bicyclic) bond motifs is 1. The maximum atomic E-state index is 4.69. The normalized spacial score (nSPS) is 11.9. The Morgan fingerprint density at radius 1 is 0.903 bits per heavy atom. The molecule has 8 heteroatoms. The molecule has 0 aliphatic carbocycles. The summed E-state index contributed by atoms with van der Waals surface area (Å²) in [5, 5.41) is 6.62. The van der Waals surface area contributed by atoms with Crippen LogP contribution < -0.4 is 10.6 Å². The van der Waals surface area contributed by atoms with E-state index in [1.165, 1.54) is 11.9 Å². The van der Waals surface area contributed by atoms with Gasteiger partial charge in [0.2, 0.25) is 5.95 Å². The Morgan fingerprint density at radius 3 is 2.65 bits per heavy atom. The topological polar surface area (TPSA) is 93.4 Å². The van der Waals surface area contributed by atoms with Crippen molar-refractivity contribution in [3.63, 3.8) is 0 Å². The second-order valence-corrected chi connectivity index (χ2v) is 7.05. The molecular weight excluding hydrogens is 388 g/mol. The molecule has 5 rings (SSSR count). The highest BCUT2D eigenvalue weighted by atomic mass is 15.2. The number of benzene rings is 2. The van der Waals surface area contributed by atoms with Crippen LogP contribution in [0.2, 0.25) is 0 Å². The van der Waals surface area contributed by atoms with E-state index in [2.05, 4.69) is 54.6 Å². The molecule has 0 fully saturated rings. The first-order chi connectivity index (χ1) is 15.3. The van der Waals surface area contributed by atoms with Crippen LogP contribution in [0, 0.1) is 0 Å². The molecule has 2 aromatic carbocycles. The molecule has 8 nitrogen and oxygen atoms in total. The van der Waals surface area contributed by atoms with Crippen LogP contribution in [-0.2, 0) is 0 Å². The zero-order chi connectivity index (χ0) is 21.0. The largest absolute Gasteiger partial charge is 0.348 e. The molecule has 0 bridgehead atoms. The van der Waals surface area contributed by atoms with Crippen LogP contribution in [0.1, 0.15) is 18.5 Å². The minimum Gasteiger partial charge on any atom is -0.348 e. The lowest BCUT2D eigenvalue weighted by Crippen LogP contribution is -2.10. The molecule has 0 radical (unpaired) electrons. The quantitative estimate of drug-likeness (QED) is 0.426. The fourth-order valence-corrected chi connectivity index (χ4v) is 3.36. The van der Waals surface area contributed by atoms with Gasteiger partial charge in [-0.05, 0) is 42.8 Å². The second-order valence-electron chi connectivity index (χ2n) is 7.05. The average Bonchev–Trinajstić information content (AvgIpc) is 3.24. The first kappa shape index (κ1) is 18.7. The molecule has 0 aliphatic rings. The van der Waals surface area contributed by atoms with E-state index in [0.29, 0.717) is 5.95 Å². The summed E-state index contributed by atoms with van der Waals surface area (Å²) in [5.41, 5.74) is 3.88. The van der Waals surface area contributed by atoms with Crippen molar-refractivity contribution in [2.75, 3.05) is 10.6 Å². The van der Waals surface area contributed by atoms with Crippen LogP contribution in [0.15, 0.2) is 85.7 Å². The summed E-state index contributed by atoms with van der Waals surface area (Å²) < 4.78 is 1.95.